The van der Waals surface area contributed by atoms with Gasteiger partial charge in [-0.2, -0.15) is 8.78 Å². The van der Waals surface area contributed by atoms with Crippen molar-refractivity contribution < 1.29 is 17.9 Å². The van der Waals surface area contributed by atoms with E-state index in [1.165, 1.54) is 6.92 Å². The van der Waals surface area contributed by atoms with E-state index in [0.29, 0.717) is 0 Å². The first kappa shape index (κ1) is 9.44. The Morgan fingerprint density at radius 2 is 2.10 bits per heavy atom. The van der Waals surface area contributed by atoms with Crippen molar-refractivity contribution in [3.8, 4) is 12.0 Å². The fourth-order valence-electron chi connectivity index (χ4n) is 0.164. The Kier molecular flexibility index (Phi) is 3.37. The molecular formula is C5H4ClF3O. The topological polar surface area (TPSA) is 9.23 Å². The maximum Gasteiger partial charge on any atom is 0.452 e. The molecule has 0 aliphatic heterocycles. The molecule has 1 unspecified atom stereocenters. The molecule has 0 rings (SSSR count). The fraction of sp³-hybridized carbons (Fsp3) is 0.600. The van der Waals surface area contributed by atoms with Crippen molar-refractivity contribution in [3.05, 3.63) is 0 Å². The quantitative estimate of drug-likeness (QED) is 0.458. The molecule has 5 heteroatoms. The number of alkyl halides is 4. The minimum absolute atomic E-state index is 1.28. The summed E-state index contributed by atoms with van der Waals surface area (Å²) in [5, 5.41) is 0. The van der Waals surface area contributed by atoms with Gasteiger partial charge in [0.15, 0.2) is 0 Å². The predicted octanol–water partition coefficient (Wildman–Crippen LogP) is 2.11. The zero-order chi connectivity index (χ0) is 8.20. The van der Waals surface area contributed by atoms with Crippen LogP contribution in [0.15, 0.2) is 0 Å². The van der Waals surface area contributed by atoms with Crippen LogP contribution in [0.3, 0.4) is 0 Å². The summed E-state index contributed by atoms with van der Waals surface area (Å²) in [6.45, 7) is 1.28. The molecule has 0 aromatic carbocycles. The molecule has 0 amide bonds. The van der Waals surface area contributed by atoms with Crippen molar-refractivity contribution in [2.45, 2.75) is 18.7 Å². The average molecular weight is 173 g/mol. The van der Waals surface area contributed by atoms with E-state index < -0.39 is 11.7 Å². The number of hydrogen-bond donors (Lipinski definition) is 0. The largest absolute Gasteiger partial charge is 0.452 e. The molecule has 0 bridgehead atoms. The van der Waals surface area contributed by atoms with Gasteiger partial charge in [-0.15, -0.1) is 0 Å². The third-order valence-electron chi connectivity index (χ3n) is 0.543. The highest BCUT2D eigenvalue weighted by Crippen LogP contribution is 2.25. The second kappa shape index (κ2) is 3.57. The Morgan fingerprint density at radius 1 is 1.60 bits per heavy atom. The van der Waals surface area contributed by atoms with E-state index in [1.54, 1.807) is 6.11 Å². The monoisotopic (exact) mass is 172 g/mol. The summed E-state index contributed by atoms with van der Waals surface area (Å²) >= 11 is 4.40. The van der Waals surface area contributed by atoms with E-state index in [0.717, 1.165) is 0 Å². The van der Waals surface area contributed by atoms with Gasteiger partial charge in [-0.25, -0.2) is 4.39 Å². The molecular weight excluding hydrogens is 169 g/mol. The van der Waals surface area contributed by atoms with Crippen LogP contribution in [-0.4, -0.2) is 11.7 Å². The van der Waals surface area contributed by atoms with Crippen LogP contribution in [0, 0.1) is 12.0 Å². The van der Waals surface area contributed by atoms with Gasteiger partial charge < -0.3 is 4.74 Å². The van der Waals surface area contributed by atoms with Crippen molar-refractivity contribution in [1.29, 1.82) is 0 Å². The van der Waals surface area contributed by atoms with Crippen LogP contribution < -0.4 is 0 Å². The van der Waals surface area contributed by atoms with E-state index in [1.807, 2.05) is 5.92 Å². The van der Waals surface area contributed by atoms with Crippen molar-refractivity contribution in [2.24, 2.45) is 0 Å². The van der Waals surface area contributed by atoms with Gasteiger partial charge in [-0.3, -0.25) is 0 Å². The van der Waals surface area contributed by atoms with Gasteiger partial charge in [0.1, 0.15) is 6.11 Å². The number of ether oxygens (including phenoxy) is 1. The minimum atomic E-state index is -4.02. The third kappa shape index (κ3) is 2.83. The lowest BCUT2D eigenvalue weighted by molar-refractivity contribution is -0.217. The van der Waals surface area contributed by atoms with Crippen molar-refractivity contribution in [1.82, 2.24) is 0 Å². The number of rotatable bonds is 2. The van der Waals surface area contributed by atoms with E-state index in [2.05, 4.69) is 16.3 Å². The zero-order valence-electron chi connectivity index (χ0n) is 5.00. The Balaban J connectivity index is 3.95. The SMILES string of the molecule is CC#COC(F)(F)C(F)Cl. The highest BCUT2D eigenvalue weighted by atomic mass is 35.5. The maximum atomic E-state index is 11.9. The lowest BCUT2D eigenvalue weighted by Crippen LogP contribution is -2.27. The highest BCUT2D eigenvalue weighted by Gasteiger charge is 2.41. The lowest BCUT2D eigenvalue weighted by Gasteiger charge is -2.11. The van der Waals surface area contributed by atoms with Gasteiger partial charge >= 0.3 is 6.11 Å². The van der Waals surface area contributed by atoms with E-state index >= 15 is 0 Å². The molecule has 0 saturated heterocycles. The Morgan fingerprint density at radius 3 is 2.40 bits per heavy atom. The van der Waals surface area contributed by atoms with E-state index in [9.17, 15) is 13.2 Å². The molecule has 0 aromatic heterocycles. The summed E-state index contributed by atoms with van der Waals surface area (Å²) < 4.78 is 38.9. The average Bonchev–Trinajstić information content (AvgIpc) is 1.84. The Hall–Kier alpha value is -0.560. The smallest absolute Gasteiger partial charge is 0.376 e. The Labute approximate surface area is 61.1 Å². The molecule has 1 nitrogen and oxygen atoms in total. The first-order chi connectivity index (χ1) is 4.50. The van der Waals surface area contributed by atoms with Gasteiger partial charge in [0.25, 0.3) is 5.63 Å². The summed E-state index contributed by atoms with van der Waals surface area (Å²) in [5.41, 5.74) is -2.87. The van der Waals surface area contributed by atoms with Crippen molar-refractivity contribution in [2.75, 3.05) is 0 Å². The molecule has 0 aromatic rings. The summed E-state index contributed by atoms with van der Waals surface area (Å²) in [4.78, 5) is 0. The molecule has 0 radical (unpaired) electrons. The molecule has 0 aliphatic carbocycles. The van der Waals surface area contributed by atoms with Gasteiger partial charge in [0, 0.05) is 6.92 Å². The van der Waals surface area contributed by atoms with E-state index in [4.69, 9.17) is 0 Å². The molecule has 0 heterocycles. The van der Waals surface area contributed by atoms with Gasteiger partial charge in [0.05, 0.1) is 0 Å². The number of hydrogen-bond acceptors (Lipinski definition) is 1. The molecule has 10 heavy (non-hydrogen) atoms. The van der Waals surface area contributed by atoms with Crippen LogP contribution in [0.2, 0.25) is 0 Å². The number of halogens is 4. The van der Waals surface area contributed by atoms with E-state index in [-0.39, 0.29) is 0 Å². The van der Waals surface area contributed by atoms with Crippen molar-refractivity contribution in [3.63, 3.8) is 0 Å². The molecule has 0 saturated carbocycles. The highest BCUT2D eigenvalue weighted by molar-refractivity contribution is 6.20. The van der Waals surface area contributed by atoms with Crippen LogP contribution in [0.1, 0.15) is 6.92 Å². The maximum absolute atomic E-state index is 11.9. The molecule has 0 aliphatic rings. The van der Waals surface area contributed by atoms with Crippen LogP contribution in [-0.2, 0) is 4.74 Å². The second-order valence-corrected chi connectivity index (χ2v) is 1.70. The standard InChI is InChI=1S/C5H4ClF3O/c1-2-3-10-5(8,9)4(6)7/h4H,1H3. The summed E-state index contributed by atoms with van der Waals surface area (Å²) in [5.74, 6) is 2.00. The van der Waals surface area contributed by atoms with Crippen molar-refractivity contribution >= 4 is 11.6 Å². The molecule has 0 N–H and O–H groups in total. The first-order valence-electron chi connectivity index (χ1n) is 2.26. The van der Waals surface area contributed by atoms with Crippen LogP contribution >= 0.6 is 11.6 Å². The fourth-order valence-corrected chi connectivity index (χ4v) is 0.208. The Bertz CT molecular complexity index is 158. The molecule has 0 spiro atoms. The molecule has 1 atom stereocenters. The van der Waals surface area contributed by atoms with Crippen LogP contribution in [0.25, 0.3) is 0 Å². The molecule has 58 valence electrons. The summed E-state index contributed by atoms with van der Waals surface area (Å²) in [6.07, 6.45) is -2.48. The van der Waals surface area contributed by atoms with Gasteiger partial charge in [0.2, 0.25) is 0 Å². The lowest BCUT2D eigenvalue weighted by atomic mass is 10.7. The predicted molar refractivity (Wildman–Crippen MR) is 30.2 cm³/mol. The van der Waals surface area contributed by atoms with Crippen LogP contribution in [0.5, 0.6) is 0 Å². The second-order valence-electron chi connectivity index (χ2n) is 1.32. The van der Waals surface area contributed by atoms with Crippen LogP contribution in [0.4, 0.5) is 13.2 Å². The van der Waals surface area contributed by atoms with Gasteiger partial charge in [-0.1, -0.05) is 17.5 Å². The zero-order valence-corrected chi connectivity index (χ0v) is 5.75. The summed E-state index contributed by atoms with van der Waals surface area (Å²) in [7, 11) is 0. The summed E-state index contributed by atoms with van der Waals surface area (Å²) in [6, 6.07) is 0. The normalized spacial score (nSPS) is 13.3. The minimum Gasteiger partial charge on any atom is -0.376 e. The molecule has 0 fully saturated rings. The third-order valence-corrected chi connectivity index (χ3v) is 0.797. The van der Waals surface area contributed by atoms with Gasteiger partial charge in [-0.05, 0) is 0 Å². The first-order valence-corrected chi connectivity index (χ1v) is 2.70.